The summed E-state index contributed by atoms with van der Waals surface area (Å²) < 4.78 is 6.09. The second-order valence-corrected chi connectivity index (χ2v) is 17.9. The van der Waals surface area contributed by atoms with Crippen LogP contribution < -0.4 is 25.2 Å². The van der Waals surface area contributed by atoms with E-state index in [1.54, 1.807) is 12.1 Å². The van der Waals surface area contributed by atoms with Crippen LogP contribution >= 0.6 is 11.3 Å². The van der Waals surface area contributed by atoms with Gasteiger partial charge in [-0.05, 0) is 105 Å². The van der Waals surface area contributed by atoms with E-state index in [9.17, 15) is 28.8 Å². The molecule has 15 heteroatoms. The van der Waals surface area contributed by atoms with Gasteiger partial charge in [0.15, 0.2) is 5.13 Å². The van der Waals surface area contributed by atoms with Crippen LogP contribution in [0.4, 0.5) is 16.5 Å². The molecule has 2 N–H and O–H groups in total. The van der Waals surface area contributed by atoms with Gasteiger partial charge in [-0.3, -0.25) is 43.9 Å². The summed E-state index contributed by atoms with van der Waals surface area (Å²) in [6.45, 7) is 8.97. The Bertz CT molecular complexity index is 2690. The van der Waals surface area contributed by atoms with Gasteiger partial charge in [-0.25, -0.2) is 4.98 Å². The van der Waals surface area contributed by atoms with Crippen LogP contribution in [0, 0.1) is 13.8 Å². The molecular formula is C49H49N7O7S. The summed E-state index contributed by atoms with van der Waals surface area (Å²) in [6.07, 6.45) is 2.93. The molecule has 1 aromatic heterocycles. The van der Waals surface area contributed by atoms with Gasteiger partial charge >= 0.3 is 0 Å². The molecule has 2 fully saturated rings. The number of amides is 6. The Balaban J connectivity index is 0.716. The number of thiazole rings is 1. The SMILES string of the molecule is Cc1ccccc1C(=O)N1CCc2cc(-c3nc(NC(=O)Cc4cccc(OCCCCN5CCN(c6cccc7c6C(=O)N(C6CCC(=O)NC6=O)C7=O)CC5)c4)sc3C)ccc21. The number of hydrogen-bond acceptors (Lipinski definition) is 11. The Hall–Kier alpha value is -6.71. The number of imide groups is 2. The summed E-state index contributed by atoms with van der Waals surface area (Å²) in [7, 11) is 0. The Morgan fingerprint density at radius 3 is 2.47 bits per heavy atom. The second kappa shape index (κ2) is 18.2. The van der Waals surface area contributed by atoms with Crippen molar-refractivity contribution in [2.45, 2.75) is 58.4 Å². The fraction of sp³-hybridized carbons (Fsp3) is 0.327. The van der Waals surface area contributed by atoms with Crippen molar-refractivity contribution in [3.05, 3.63) is 123 Å². The number of rotatable bonds is 13. The largest absolute Gasteiger partial charge is 0.494 e. The highest BCUT2D eigenvalue weighted by Gasteiger charge is 2.46. The molecule has 4 aromatic carbocycles. The summed E-state index contributed by atoms with van der Waals surface area (Å²) in [5, 5.41) is 5.78. The minimum absolute atomic E-state index is 0.0104. The van der Waals surface area contributed by atoms with E-state index in [1.807, 2.05) is 85.5 Å². The first-order valence-corrected chi connectivity index (χ1v) is 22.7. The van der Waals surface area contributed by atoms with Crippen molar-refractivity contribution < 1.29 is 33.5 Å². The summed E-state index contributed by atoms with van der Waals surface area (Å²) in [5.74, 6) is -1.45. The zero-order valence-corrected chi connectivity index (χ0v) is 36.7. The number of anilines is 3. The quantitative estimate of drug-likeness (QED) is 0.103. The van der Waals surface area contributed by atoms with E-state index >= 15 is 0 Å². The molecule has 9 rings (SSSR count). The molecule has 4 aliphatic heterocycles. The van der Waals surface area contributed by atoms with Crippen LogP contribution in [0.2, 0.25) is 0 Å². The van der Waals surface area contributed by atoms with Gasteiger partial charge in [-0.1, -0.05) is 42.5 Å². The first-order chi connectivity index (χ1) is 31.0. The Morgan fingerprint density at radius 2 is 1.66 bits per heavy atom. The van der Waals surface area contributed by atoms with Gasteiger partial charge < -0.3 is 19.9 Å². The van der Waals surface area contributed by atoms with E-state index < -0.39 is 29.7 Å². The standard InChI is InChI=1S/C49H49N7O7S/c1-30-9-3-4-12-36(30)46(60)55-21-19-33-29-34(15-16-38(33)55)44-31(2)64-49(52-44)51-42(58)28-32-10-7-11-35(27-32)63-26-6-5-20-53-22-24-54(25-23-53)39-14-8-13-37-43(39)48(62)56(47(37)61)40-17-18-41(57)50-45(40)59/h3-4,7-16,27,29,40H,5-6,17-26,28H2,1-2H3,(H,50,57,59)(H,51,52,58). The molecule has 14 nitrogen and oxygen atoms in total. The lowest BCUT2D eigenvalue weighted by molar-refractivity contribution is -0.136. The fourth-order valence-electron chi connectivity index (χ4n) is 9.13. The first kappa shape index (κ1) is 42.6. The van der Waals surface area contributed by atoms with Gasteiger partial charge in [-0.15, -0.1) is 11.3 Å². The number of aryl methyl sites for hydroxylation is 2. The number of piperazine rings is 1. The predicted octanol–water partition coefficient (Wildman–Crippen LogP) is 6.19. The molecule has 5 heterocycles. The molecule has 5 aromatic rings. The van der Waals surface area contributed by atoms with Crippen LogP contribution in [0.1, 0.15) is 78.3 Å². The average Bonchev–Trinajstić information content (AvgIpc) is 3.96. The monoisotopic (exact) mass is 879 g/mol. The molecule has 0 radical (unpaired) electrons. The Kier molecular flexibility index (Phi) is 12.1. The number of nitrogens with one attached hydrogen (secondary N) is 2. The molecule has 2 saturated heterocycles. The van der Waals surface area contributed by atoms with E-state index in [2.05, 4.69) is 26.5 Å². The molecule has 4 aliphatic rings. The minimum Gasteiger partial charge on any atom is -0.494 e. The number of ether oxygens (including phenoxy) is 1. The number of benzene rings is 4. The number of hydrogen-bond donors (Lipinski definition) is 2. The molecule has 64 heavy (non-hydrogen) atoms. The van der Waals surface area contributed by atoms with E-state index in [4.69, 9.17) is 9.72 Å². The predicted molar refractivity (Wildman–Crippen MR) is 244 cm³/mol. The van der Waals surface area contributed by atoms with Crippen LogP contribution in [-0.4, -0.2) is 102 Å². The molecule has 328 valence electrons. The number of nitrogens with zero attached hydrogens (tertiary/aromatic N) is 5. The van der Waals surface area contributed by atoms with E-state index in [0.29, 0.717) is 59.5 Å². The Labute approximate surface area is 375 Å². The number of piperidine rings is 1. The van der Waals surface area contributed by atoms with E-state index in [1.165, 1.54) is 11.3 Å². The van der Waals surface area contributed by atoms with Crippen molar-refractivity contribution in [1.82, 2.24) is 20.1 Å². The maximum Gasteiger partial charge on any atom is 0.264 e. The lowest BCUT2D eigenvalue weighted by Gasteiger charge is -2.36. The zero-order chi connectivity index (χ0) is 44.5. The summed E-state index contributed by atoms with van der Waals surface area (Å²) in [6, 6.07) is 25.6. The zero-order valence-electron chi connectivity index (χ0n) is 35.9. The van der Waals surface area contributed by atoms with Crippen molar-refractivity contribution in [1.29, 1.82) is 0 Å². The number of unbranched alkanes of at least 4 members (excludes halogenated alkanes) is 1. The average molecular weight is 880 g/mol. The van der Waals surface area contributed by atoms with Gasteiger partial charge in [0.25, 0.3) is 17.7 Å². The molecule has 6 amide bonds. The third kappa shape index (κ3) is 8.65. The number of carbonyl (C=O) groups excluding carboxylic acids is 6. The normalized spacial score (nSPS) is 17.4. The van der Waals surface area contributed by atoms with Crippen LogP contribution in [-0.2, 0) is 27.2 Å². The number of fused-ring (bicyclic) bond motifs is 2. The molecule has 0 spiro atoms. The molecule has 1 atom stereocenters. The van der Waals surface area contributed by atoms with Crippen molar-refractivity contribution in [3.8, 4) is 17.0 Å². The first-order valence-electron chi connectivity index (χ1n) is 21.8. The molecule has 0 aliphatic carbocycles. The van der Waals surface area contributed by atoms with Crippen molar-refractivity contribution in [2.75, 3.05) is 61.0 Å². The number of aromatic nitrogens is 1. The molecule has 0 bridgehead atoms. The lowest BCUT2D eigenvalue weighted by Crippen LogP contribution is -2.54. The van der Waals surface area contributed by atoms with Gasteiger partial charge in [0.1, 0.15) is 11.8 Å². The molecule has 0 saturated carbocycles. The van der Waals surface area contributed by atoms with Gasteiger partial charge in [-0.2, -0.15) is 0 Å². The topological polar surface area (TPSA) is 162 Å². The highest BCUT2D eigenvalue weighted by Crippen LogP contribution is 2.37. The van der Waals surface area contributed by atoms with Crippen molar-refractivity contribution in [2.24, 2.45) is 0 Å². The van der Waals surface area contributed by atoms with E-state index in [-0.39, 0.29) is 31.1 Å². The molecule has 1 unspecified atom stereocenters. The minimum atomic E-state index is -0.995. The van der Waals surface area contributed by atoms with Gasteiger partial charge in [0.2, 0.25) is 17.7 Å². The highest BCUT2D eigenvalue weighted by atomic mass is 32.1. The maximum atomic E-state index is 13.6. The van der Waals surface area contributed by atoms with Crippen LogP contribution in [0.25, 0.3) is 11.3 Å². The highest BCUT2D eigenvalue weighted by molar-refractivity contribution is 7.16. The lowest BCUT2D eigenvalue weighted by atomic mass is 10.0. The summed E-state index contributed by atoms with van der Waals surface area (Å²) in [4.78, 5) is 90.8. The van der Waals surface area contributed by atoms with Crippen LogP contribution in [0.5, 0.6) is 5.75 Å². The second-order valence-electron chi connectivity index (χ2n) is 16.7. The third-order valence-corrected chi connectivity index (χ3v) is 13.4. The smallest absolute Gasteiger partial charge is 0.264 e. The fourth-order valence-corrected chi connectivity index (χ4v) is 9.98. The number of carbonyl (C=O) groups is 6. The van der Waals surface area contributed by atoms with Crippen molar-refractivity contribution >= 4 is 63.3 Å². The third-order valence-electron chi connectivity index (χ3n) is 12.5. The summed E-state index contributed by atoms with van der Waals surface area (Å²) >= 11 is 1.44. The Morgan fingerprint density at radius 1 is 0.844 bits per heavy atom. The van der Waals surface area contributed by atoms with Gasteiger partial charge in [0.05, 0.1) is 35.5 Å². The van der Waals surface area contributed by atoms with Gasteiger partial charge in [0, 0.05) is 60.8 Å². The van der Waals surface area contributed by atoms with Crippen LogP contribution in [0.15, 0.2) is 84.9 Å². The van der Waals surface area contributed by atoms with E-state index in [0.717, 1.165) is 82.3 Å². The van der Waals surface area contributed by atoms with Crippen LogP contribution in [0.3, 0.4) is 0 Å². The summed E-state index contributed by atoms with van der Waals surface area (Å²) in [5.41, 5.74) is 7.62. The van der Waals surface area contributed by atoms with Crippen molar-refractivity contribution in [3.63, 3.8) is 0 Å². The molecular weight excluding hydrogens is 831 g/mol. The maximum absolute atomic E-state index is 13.6.